The first-order valence-corrected chi connectivity index (χ1v) is 9.32. The molecule has 0 saturated heterocycles. The standard InChI is InChI=1S/C22H24N4O2/c1-4-28-21(27)6-5-17-11-19(14-23-13-17)18-9-15(2)10-20(12-18)26-22-24-8-7-16(3)25-22/h7-14H,4-6H2,1-3H3,(H,24,25,26). The summed E-state index contributed by atoms with van der Waals surface area (Å²) in [6, 6.07) is 10.1. The summed E-state index contributed by atoms with van der Waals surface area (Å²) in [5.74, 6) is 0.381. The van der Waals surface area contributed by atoms with Gasteiger partial charge in [-0.1, -0.05) is 6.07 Å². The third-order valence-electron chi connectivity index (χ3n) is 4.18. The van der Waals surface area contributed by atoms with Gasteiger partial charge in [0, 0.05) is 42.0 Å². The molecule has 144 valence electrons. The van der Waals surface area contributed by atoms with Crippen LogP contribution in [-0.4, -0.2) is 27.5 Å². The monoisotopic (exact) mass is 376 g/mol. The average Bonchev–Trinajstić information content (AvgIpc) is 2.66. The Morgan fingerprint density at radius 2 is 1.96 bits per heavy atom. The summed E-state index contributed by atoms with van der Waals surface area (Å²) in [5.41, 5.74) is 5.98. The summed E-state index contributed by atoms with van der Waals surface area (Å²) in [5, 5.41) is 3.26. The van der Waals surface area contributed by atoms with Crippen LogP contribution in [0.2, 0.25) is 0 Å². The van der Waals surface area contributed by atoms with E-state index in [9.17, 15) is 4.79 Å². The zero-order chi connectivity index (χ0) is 19.9. The highest BCUT2D eigenvalue weighted by atomic mass is 16.5. The molecule has 0 radical (unpaired) electrons. The Hall–Kier alpha value is -3.28. The third-order valence-corrected chi connectivity index (χ3v) is 4.18. The van der Waals surface area contributed by atoms with Crippen LogP contribution < -0.4 is 5.32 Å². The van der Waals surface area contributed by atoms with Gasteiger partial charge in [-0.15, -0.1) is 0 Å². The summed E-state index contributed by atoms with van der Waals surface area (Å²) >= 11 is 0. The number of nitrogens with zero attached hydrogens (tertiary/aromatic N) is 3. The largest absolute Gasteiger partial charge is 0.466 e. The molecule has 6 nitrogen and oxygen atoms in total. The molecule has 0 aliphatic heterocycles. The Bertz CT molecular complexity index is 972. The maximum Gasteiger partial charge on any atom is 0.306 e. The molecule has 6 heteroatoms. The van der Waals surface area contributed by atoms with E-state index in [1.807, 2.05) is 45.2 Å². The van der Waals surface area contributed by atoms with Crippen LogP contribution in [0, 0.1) is 13.8 Å². The van der Waals surface area contributed by atoms with Crippen molar-refractivity contribution in [1.82, 2.24) is 15.0 Å². The number of carbonyl (C=O) groups is 1. The highest BCUT2D eigenvalue weighted by molar-refractivity contribution is 5.72. The van der Waals surface area contributed by atoms with Crippen molar-refractivity contribution in [2.75, 3.05) is 11.9 Å². The molecular formula is C22H24N4O2. The van der Waals surface area contributed by atoms with Crippen LogP contribution in [0.15, 0.2) is 48.9 Å². The van der Waals surface area contributed by atoms with E-state index in [-0.39, 0.29) is 5.97 Å². The minimum absolute atomic E-state index is 0.187. The van der Waals surface area contributed by atoms with E-state index in [0.717, 1.165) is 33.6 Å². The van der Waals surface area contributed by atoms with Crippen LogP contribution in [-0.2, 0) is 16.0 Å². The van der Waals surface area contributed by atoms with Gasteiger partial charge in [-0.05, 0) is 68.1 Å². The van der Waals surface area contributed by atoms with Crippen LogP contribution >= 0.6 is 0 Å². The van der Waals surface area contributed by atoms with Gasteiger partial charge in [0.05, 0.1) is 6.61 Å². The number of rotatable bonds is 7. The van der Waals surface area contributed by atoms with Crippen molar-refractivity contribution in [3.05, 3.63) is 65.7 Å². The number of pyridine rings is 1. The second-order valence-corrected chi connectivity index (χ2v) is 6.62. The summed E-state index contributed by atoms with van der Waals surface area (Å²) in [6.45, 7) is 6.19. The summed E-state index contributed by atoms with van der Waals surface area (Å²) in [7, 11) is 0. The fourth-order valence-corrected chi connectivity index (χ4v) is 2.92. The van der Waals surface area contributed by atoms with Crippen molar-refractivity contribution in [2.45, 2.75) is 33.6 Å². The van der Waals surface area contributed by atoms with Crippen molar-refractivity contribution in [2.24, 2.45) is 0 Å². The first-order chi connectivity index (χ1) is 13.5. The van der Waals surface area contributed by atoms with E-state index in [1.165, 1.54) is 0 Å². The lowest BCUT2D eigenvalue weighted by atomic mass is 10.0. The van der Waals surface area contributed by atoms with Gasteiger partial charge in [-0.25, -0.2) is 9.97 Å². The highest BCUT2D eigenvalue weighted by Gasteiger charge is 2.07. The van der Waals surface area contributed by atoms with Crippen LogP contribution in [0.1, 0.15) is 30.2 Å². The van der Waals surface area contributed by atoms with Gasteiger partial charge in [0.1, 0.15) is 0 Å². The van der Waals surface area contributed by atoms with Crippen LogP contribution in [0.5, 0.6) is 0 Å². The third kappa shape index (κ3) is 5.36. The predicted octanol–water partition coefficient (Wildman–Crippen LogP) is 4.39. The number of aryl methyl sites for hydroxylation is 3. The molecule has 2 heterocycles. The van der Waals surface area contributed by atoms with Gasteiger partial charge < -0.3 is 10.1 Å². The number of benzene rings is 1. The highest BCUT2D eigenvalue weighted by Crippen LogP contribution is 2.26. The van der Waals surface area contributed by atoms with Gasteiger partial charge >= 0.3 is 5.97 Å². The topological polar surface area (TPSA) is 77.0 Å². The lowest BCUT2D eigenvalue weighted by molar-refractivity contribution is -0.143. The normalized spacial score (nSPS) is 10.5. The van der Waals surface area contributed by atoms with E-state index in [2.05, 4.69) is 32.4 Å². The van der Waals surface area contributed by atoms with E-state index in [1.54, 1.807) is 12.4 Å². The lowest BCUT2D eigenvalue weighted by Crippen LogP contribution is -2.05. The van der Waals surface area contributed by atoms with Gasteiger partial charge in [-0.2, -0.15) is 0 Å². The number of hydrogen-bond acceptors (Lipinski definition) is 6. The second kappa shape index (κ2) is 9.08. The van der Waals surface area contributed by atoms with Gasteiger partial charge in [0.15, 0.2) is 0 Å². The van der Waals surface area contributed by atoms with E-state index < -0.39 is 0 Å². The number of aromatic nitrogens is 3. The summed E-state index contributed by atoms with van der Waals surface area (Å²) < 4.78 is 5.00. The quantitative estimate of drug-likeness (QED) is 0.616. The predicted molar refractivity (Wildman–Crippen MR) is 109 cm³/mol. The molecule has 0 amide bonds. The summed E-state index contributed by atoms with van der Waals surface area (Å²) in [4.78, 5) is 24.6. The zero-order valence-electron chi connectivity index (χ0n) is 16.4. The number of ether oxygens (including phenoxy) is 1. The van der Waals surface area contributed by atoms with Crippen LogP contribution in [0.3, 0.4) is 0 Å². The minimum Gasteiger partial charge on any atom is -0.466 e. The number of nitrogens with one attached hydrogen (secondary N) is 1. The molecule has 1 aromatic carbocycles. The molecule has 28 heavy (non-hydrogen) atoms. The molecule has 0 fully saturated rings. The molecule has 0 atom stereocenters. The Labute approximate surface area is 165 Å². The number of esters is 1. The first kappa shape index (κ1) is 19.5. The fraction of sp³-hybridized carbons (Fsp3) is 0.273. The average molecular weight is 376 g/mol. The molecule has 3 rings (SSSR count). The molecule has 2 aromatic heterocycles. The fourth-order valence-electron chi connectivity index (χ4n) is 2.92. The maximum atomic E-state index is 11.6. The smallest absolute Gasteiger partial charge is 0.306 e. The molecule has 1 N–H and O–H groups in total. The van der Waals surface area contributed by atoms with E-state index in [0.29, 0.717) is 25.4 Å². The Balaban J connectivity index is 1.80. The zero-order valence-corrected chi connectivity index (χ0v) is 16.4. The van der Waals surface area contributed by atoms with Crippen LogP contribution in [0.4, 0.5) is 11.6 Å². The van der Waals surface area contributed by atoms with Gasteiger partial charge in [0.25, 0.3) is 0 Å². The van der Waals surface area contributed by atoms with Crippen molar-refractivity contribution in [3.8, 4) is 11.1 Å². The molecule has 0 saturated carbocycles. The van der Waals surface area contributed by atoms with Crippen LogP contribution in [0.25, 0.3) is 11.1 Å². The Morgan fingerprint density at radius 3 is 2.75 bits per heavy atom. The molecule has 3 aromatic rings. The van der Waals surface area contributed by atoms with E-state index in [4.69, 9.17) is 4.74 Å². The molecule has 0 aliphatic rings. The lowest BCUT2D eigenvalue weighted by Gasteiger charge is -2.10. The minimum atomic E-state index is -0.187. The Kier molecular flexibility index (Phi) is 6.32. The van der Waals surface area contributed by atoms with Gasteiger partial charge in [0.2, 0.25) is 5.95 Å². The SMILES string of the molecule is CCOC(=O)CCc1cncc(-c2cc(C)cc(Nc3nccc(C)n3)c2)c1. The second-order valence-electron chi connectivity index (χ2n) is 6.62. The molecule has 0 bridgehead atoms. The molecular weight excluding hydrogens is 352 g/mol. The molecule has 0 spiro atoms. The molecule has 0 unspecified atom stereocenters. The molecule has 0 aliphatic carbocycles. The van der Waals surface area contributed by atoms with Crippen molar-refractivity contribution in [1.29, 1.82) is 0 Å². The first-order valence-electron chi connectivity index (χ1n) is 9.32. The van der Waals surface area contributed by atoms with Crippen molar-refractivity contribution in [3.63, 3.8) is 0 Å². The number of carbonyl (C=O) groups excluding carboxylic acids is 1. The number of anilines is 2. The number of hydrogen-bond donors (Lipinski definition) is 1. The van der Waals surface area contributed by atoms with Crippen molar-refractivity contribution < 1.29 is 9.53 Å². The van der Waals surface area contributed by atoms with Gasteiger partial charge in [-0.3, -0.25) is 9.78 Å². The Morgan fingerprint density at radius 1 is 1.11 bits per heavy atom. The summed E-state index contributed by atoms with van der Waals surface area (Å²) in [6.07, 6.45) is 6.31. The maximum absolute atomic E-state index is 11.6. The van der Waals surface area contributed by atoms with Crippen molar-refractivity contribution >= 4 is 17.6 Å². The van der Waals surface area contributed by atoms with E-state index >= 15 is 0 Å².